The average Bonchev–Trinajstić information content (AvgIpc) is 2.25. The Bertz CT molecular complexity index is 203. The third-order valence-corrected chi connectivity index (χ3v) is 3.30. The van der Waals surface area contributed by atoms with Crippen molar-refractivity contribution in [2.75, 3.05) is 13.1 Å². The third-order valence-electron chi connectivity index (χ3n) is 3.30. The number of carboxylic acids is 1. The first-order valence-electron chi connectivity index (χ1n) is 6.36. The molecule has 0 radical (unpaired) electrons. The van der Waals surface area contributed by atoms with Crippen LogP contribution in [0.25, 0.3) is 0 Å². The van der Waals surface area contributed by atoms with Crippen LogP contribution >= 0.6 is 0 Å². The van der Waals surface area contributed by atoms with Crippen LogP contribution in [0.15, 0.2) is 0 Å². The third kappa shape index (κ3) is 6.08. The van der Waals surface area contributed by atoms with Gasteiger partial charge in [0.2, 0.25) is 0 Å². The Hall–Kier alpha value is -0.610. The first-order valence-corrected chi connectivity index (χ1v) is 6.36. The standard InChI is InChI=1S/C12H24N2O2/c13-11(8-12(15)16)9-14-7-6-10-4-2-1-3-5-10/h10-11,14H,1-9,13H2,(H,15,16). The van der Waals surface area contributed by atoms with Gasteiger partial charge in [0.1, 0.15) is 0 Å². The molecule has 1 aliphatic carbocycles. The summed E-state index contributed by atoms with van der Waals surface area (Å²) in [5.41, 5.74) is 5.65. The second-order valence-corrected chi connectivity index (χ2v) is 4.85. The zero-order valence-corrected chi connectivity index (χ0v) is 9.95. The van der Waals surface area contributed by atoms with Crippen molar-refractivity contribution in [3.63, 3.8) is 0 Å². The highest BCUT2D eigenvalue weighted by molar-refractivity contribution is 5.67. The summed E-state index contributed by atoms with van der Waals surface area (Å²) in [7, 11) is 0. The van der Waals surface area contributed by atoms with Crippen molar-refractivity contribution in [1.29, 1.82) is 0 Å². The molecule has 1 fully saturated rings. The van der Waals surface area contributed by atoms with Gasteiger partial charge in [0.25, 0.3) is 0 Å². The summed E-state index contributed by atoms with van der Waals surface area (Å²) < 4.78 is 0. The van der Waals surface area contributed by atoms with E-state index in [4.69, 9.17) is 10.8 Å². The minimum atomic E-state index is -0.818. The number of hydrogen-bond donors (Lipinski definition) is 3. The molecule has 0 aromatic heterocycles. The van der Waals surface area contributed by atoms with Crippen molar-refractivity contribution in [2.24, 2.45) is 11.7 Å². The molecule has 1 aliphatic rings. The topological polar surface area (TPSA) is 75.3 Å². The molecule has 1 unspecified atom stereocenters. The Morgan fingerprint density at radius 2 is 2.06 bits per heavy atom. The van der Waals surface area contributed by atoms with Crippen molar-refractivity contribution in [2.45, 2.75) is 51.0 Å². The summed E-state index contributed by atoms with van der Waals surface area (Å²) in [5, 5.41) is 11.8. The highest BCUT2D eigenvalue weighted by Gasteiger charge is 2.13. The van der Waals surface area contributed by atoms with Crippen LogP contribution in [0, 0.1) is 5.92 Å². The molecule has 1 atom stereocenters. The van der Waals surface area contributed by atoms with Crippen LogP contribution in [0.3, 0.4) is 0 Å². The van der Waals surface area contributed by atoms with Crippen LogP contribution in [-0.2, 0) is 4.79 Å². The Kier molecular flexibility index (Phi) is 6.42. The molecule has 94 valence electrons. The fourth-order valence-electron chi connectivity index (χ4n) is 2.37. The lowest BCUT2D eigenvalue weighted by Gasteiger charge is -2.21. The Morgan fingerprint density at radius 1 is 1.38 bits per heavy atom. The lowest BCUT2D eigenvalue weighted by Crippen LogP contribution is -2.36. The van der Waals surface area contributed by atoms with Crippen molar-refractivity contribution >= 4 is 5.97 Å². The number of hydrogen-bond acceptors (Lipinski definition) is 3. The molecule has 0 saturated heterocycles. The van der Waals surface area contributed by atoms with E-state index >= 15 is 0 Å². The Morgan fingerprint density at radius 3 is 2.69 bits per heavy atom. The van der Waals surface area contributed by atoms with Gasteiger partial charge in [-0.05, 0) is 18.9 Å². The summed E-state index contributed by atoms with van der Waals surface area (Å²) >= 11 is 0. The molecule has 4 nitrogen and oxygen atoms in total. The van der Waals surface area contributed by atoms with Gasteiger partial charge in [0, 0.05) is 12.6 Å². The van der Waals surface area contributed by atoms with Crippen LogP contribution in [0.1, 0.15) is 44.9 Å². The molecule has 16 heavy (non-hydrogen) atoms. The molecule has 0 aromatic rings. The van der Waals surface area contributed by atoms with E-state index in [0.29, 0.717) is 6.54 Å². The van der Waals surface area contributed by atoms with E-state index in [2.05, 4.69) is 5.32 Å². The monoisotopic (exact) mass is 228 g/mol. The second-order valence-electron chi connectivity index (χ2n) is 4.85. The van der Waals surface area contributed by atoms with Crippen LogP contribution in [0.2, 0.25) is 0 Å². The highest BCUT2D eigenvalue weighted by atomic mass is 16.4. The summed E-state index contributed by atoms with van der Waals surface area (Å²) in [5.74, 6) is 0.0542. The second kappa shape index (κ2) is 7.63. The summed E-state index contributed by atoms with van der Waals surface area (Å²) in [6.45, 7) is 1.58. The predicted molar refractivity (Wildman–Crippen MR) is 64.3 cm³/mol. The molecule has 1 saturated carbocycles. The minimum absolute atomic E-state index is 0.0520. The smallest absolute Gasteiger partial charge is 0.304 e. The lowest BCUT2D eigenvalue weighted by molar-refractivity contribution is -0.137. The molecule has 0 heterocycles. The Labute approximate surface area is 97.6 Å². The molecule has 0 aromatic carbocycles. The van der Waals surface area contributed by atoms with Gasteiger partial charge in [-0.15, -0.1) is 0 Å². The first-order chi connectivity index (χ1) is 7.68. The maximum absolute atomic E-state index is 10.4. The van der Waals surface area contributed by atoms with Crippen LogP contribution in [-0.4, -0.2) is 30.2 Å². The lowest BCUT2D eigenvalue weighted by atomic mass is 9.87. The number of aliphatic carboxylic acids is 1. The van der Waals surface area contributed by atoms with E-state index in [0.717, 1.165) is 12.5 Å². The van der Waals surface area contributed by atoms with Crippen molar-refractivity contribution in [1.82, 2.24) is 5.32 Å². The van der Waals surface area contributed by atoms with E-state index in [1.807, 2.05) is 0 Å². The number of nitrogens with one attached hydrogen (secondary N) is 1. The quantitative estimate of drug-likeness (QED) is 0.575. The van der Waals surface area contributed by atoms with Crippen LogP contribution in [0.5, 0.6) is 0 Å². The van der Waals surface area contributed by atoms with E-state index in [1.165, 1.54) is 38.5 Å². The van der Waals surface area contributed by atoms with Gasteiger partial charge >= 0.3 is 5.97 Å². The van der Waals surface area contributed by atoms with Crippen molar-refractivity contribution in [3.05, 3.63) is 0 Å². The number of carbonyl (C=O) groups is 1. The van der Waals surface area contributed by atoms with Gasteiger partial charge in [-0.3, -0.25) is 4.79 Å². The molecule has 0 spiro atoms. The zero-order chi connectivity index (χ0) is 11.8. The summed E-state index contributed by atoms with van der Waals surface area (Å²) in [6, 6.07) is -0.260. The maximum Gasteiger partial charge on any atom is 0.304 e. The van der Waals surface area contributed by atoms with Gasteiger partial charge in [0.05, 0.1) is 6.42 Å². The molecule has 4 heteroatoms. The van der Waals surface area contributed by atoms with Crippen molar-refractivity contribution < 1.29 is 9.90 Å². The molecular formula is C12H24N2O2. The molecule has 1 rings (SSSR count). The number of nitrogens with two attached hydrogens (primary N) is 1. The van der Waals surface area contributed by atoms with E-state index in [9.17, 15) is 4.79 Å². The van der Waals surface area contributed by atoms with E-state index < -0.39 is 5.97 Å². The van der Waals surface area contributed by atoms with Gasteiger partial charge in [-0.1, -0.05) is 32.1 Å². The van der Waals surface area contributed by atoms with E-state index in [-0.39, 0.29) is 12.5 Å². The van der Waals surface area contributed by atoms with Gasteiger partial charge < -0.3 is 16.2 Å². The SMILES string of the molecule is NC(CNCCC1CCCCC1)CC(=O)O. The van der Waals surface area contributed by atoms with Crippen molar-refractivity contribution in [3.8, 4) is 0 Å². The summed E-state index contributed by atoms with van der Waals surface area (Å²) in [6.07, 6.45) is 8.14. The molecule has 0 aliphatic heterocycles. The molecular weight excluding hydrogens is 204 g/mol. The highest BCUT2D eigenvalue weighted by Crippen LogP contribution is 2.25. The maximum atomic E-state index is 10.4. The molecule has 0 amide bonds. The average molecular weight is 228 g/mol. The van der Waals surface area contributed by atoms with Gasteiger partial charge in [-0.2, -0.15) is 0 Å². The zero-order valence-electron chi connectivity index (χ0n) is 9.95. The number of carboxylic acid groups (broad SMARTS) is 1. The summed E-state index contributed by atoms with van der Waals surface area (Å²) in [4.78, 5) is 10.4. The molecule has 4 N–H and O–H groups in total. The normalized spacial score (nSPS) is 19.6. The minimum Gasteiger partial charge on any atom is -0.481 e. The van der Waals surface area contributed by atoms with Crippen LogP contribution < -0.4 is 11.1 Å². The molecule has 0 bridgehead atoms. The first kappa shape index (κ1) is 13.5. The largest absolute Gasteiger partial charge is 0.481 e. The van der Waals surface area contributed by atoms with E-state index in [1.54, 1.807) is 0 Å². The predicted octanol–water partition coefficient (Wildman–Crippen LogP) is 1.35. The fourth-order valence-corrected chi connectivity index (χ4v) is 2.37. The fraction of sp³-hybridized carbons (Fsp3) is 0.917. The van der Waals surface area contributed by atoms with Crippen LogP contribution in [0.4, 0.5) is 0 Å². The number of rotatable bonds is 7. The Balaban J connectivity index is 1.96. The van der Waals surface area contributed by atoms with Gasteiger partial charge in [-0.25, -0.2) is 0 Å². The van der Waals surface area contributed by atoms with Gasteiger partial charge in [0.15, 0.2) is 0 Å².